The van der Waals surface area contributed by atoms with Gasteiger partial charge < -0.3 is 5.32 Å². The summed E-state index contributed by atoms with van der Waals surface area (Å²) in [6.45, 7) is 11.2. The standard InChI is InChI=1S/C14H22N2.ClH/c1-11-5-4-6-12(2)14(11)10-16-8-7-15-9-13(16)3;/h4-6,13,15H,7-10H2,1-3H3;1H/t13-;/m1./s1. The van der Waals surface area contributed by atoms with Crippen molar-refractivity contribution in [2.75, 3.05) is 19.6 Å². The number of rotatable bonds is 2. The van der Waals surface area contributed by atoms with Crippen LogP contribution in [-0.4, -0.2) is 30.6 Å². The number of nitrogens with zero attached hydrogens (tertiary/aromatic N) is 1. The highest BCUT2D eigenvalue weighted by molar-refractivity contribution is 5.85. The van der Waals surface area contributed by atoms with Gasteiger partial charge in [-0.1, -0.05) is 18.2 Å². The first-order valence-electron chi connectivity index (χ1n) is 6.18. The minimum atomic E-state index is 0. The van der Waals surface area contributed by atoms with Gasteiger partial charge in [0.2, 0.25) is 0 Å². The molecule has 1 saturated heterocycles. The van der Waals surface area contributed by atoms with E-state index in [9.17, 15) is 0 Å². The van der Waals surface area contributed by atoms with Gasteiger partial charge in [0.05, 0.1) is 0 Å². The van der Waals surface area contributed by atoms with E-state index in [0.717, 1.165) is 26.2 Å². The third-order valence-corrected chi connectivity index (χ3v) is 3.64. The molecule has 3 heteroatoms. The largest absolute Gasteiger partial charge is 0.314 e. The Morgan fingerprint density at radius 2 is 1.94 bits per heavy atom. The molecule has 0 bridgehead atoms. The van der Waals surface area contributed by atoms with Gasteiger partial charge in [-0.05, 0) is 37.5 Å². The van der Waals surface area contributed by atoms with Gasteiger partial charge in [0.25, 0.3) is 0 Å². The van der Waals surface area contributed by atoms with Crippen LogP contribution in [-0.2, 0) is 6.54 Å². The maximum absolute atomic E-state index is 3.44. The first-order chi connectivity index (χ1) is 7.68. The summed E-state index contributed by atoms with van der Waals surface area (Å²) in [5.74, 6) is 0. The molecular weight excluding hydrogens is 232 g/mol. The summed E-state index contributed by atoms with van der Waals surface area (Å²) < 4.78 is 0. The van der Waals surface area contributed by atoms with Crippen LogP contribution in [0.3, 0.4) is 0 Å². The van der Waals surface area contributed by atoms with Gasteiger partial charge in [0, 0.05) is 32.2 Å². The smallest absolute Gasteiger partial charge is 0.0242 e. The average molecular weight is 255 g/mol. The summed E-state index contributed by atoms with van der Waals surface area (Å²) in [6, 6.07) is 7.23. The van der Waals surface area contributed by atoms with Crippen molar-refractivity contribution in [2.45, 2.75) is 33.4 Å². The second-order valence-corrected chi connectivity index (χ2v) is 4.89. The third-order valence-electron chi connectivity index (χ3n) is 3.64. The lowest BCUT2D eigenvalue weighted by molar-refractivity contribution is 0.165. The molecule has 96 valence electrons. The molecule has 2 nitrogen and oxygen atoms in total. The lowest BCUT2D eigenvalue weighted by Crippen LogP contribution is -2.49. The highest BCUT2D eigenvalue weighted by Gasteiger charge is 2.18. The van der Waals surface area contributed by atoms with Crippen molar-refractivity contribution in [1.82, 2.24) is 10.2 Å². The van der Waals surface area contributed by atoms with E-state index in [4.69, 9.17) is 0 Å². The van der Waals surface area contributed by atoms with Crippen LogP contribution < -0.4 is 5.32 Å². The van der Waals surface area contributed by atoms with Crippen molar-refractivity contribution >= 4 is 12.4 Å². The number of halogens is 1. The van der Waals surface area contributed by atoms with Crippen molar-refractivity contribution in [2.24, 2.45) is 0 Å². The van der Waals surface area contributed by atoms with Crippen molar-refractivity contribution < 1.29 is 0 Å². The Kier molecular flexibility index (Phi) is 5.44. The van der Waals surface area contributed by atoms with E-state index in [1.165, 1.54) is 16.7 Å². The van der Waals surface area contributed by atoms with E-state index in [-0.39, 0.29) is 12.4 Å². The monoisotopic (exact) mass is 254 g/mol. The van der Waals surface area contributed by atoms with Crippen LogP contribution in [0.5, 0.6) is 0 Å². The fraction of sp³-hybridized carbons (Fsp3) is 0.571. The number of piperazine rings is 1. The van der Waals surface area contributed by atoms with Crippen LogP contribution in [0.1, 0.15) is 23.6 Å². The molecular formula is C14H23ClN2. The molecule has 0 aliphatic carbocycles. The first kappa shape index (κ1) is 14.5. The molecule has 1 aliphatic rings. The Bertz CT molecular complexity index is 345. The van der Waals surface area contributed by atoms with E-state index in [1.807, 2.05) is 0 Å². The van der Waals surface area contributed by atoms with Crippen molar-refractivity contribution in [3.8, 4) is 0 Å². The second kappa shape index (κ2) is 6.39. The van der Waals surface area contributed by atoms with Gasteiger partial charge in [0.15, 0.2) is 0 Å². The zero-order valence-electron chi connectivity index (χ0n) is 11.0. The Morgan fingerprint density at radius 3 is 2.53 bits per heavy atom. The highest BCUT2D eigenvalue weighted by Crippen LogP contribution is 2.17. The van der Waals surface area contributed by atoms with E-state index in [1.54, 1.807) is 0 Å². The minimum absolute atomic E-state index is 0. The van der Waals surface area contributed by atoms with Crippen LogP contribution in [0.25, 0.3) is 0 Å². The highest BCUT2D eigenvalue weighted by atomic mass is 35.5. The lowest BCUT2D eigenvalue weighted by Gasteiger charge is -2.34. The molecule has 2 rings (SSSR count). The SMILES string of the molecule is Cc1cccc(C)c1CN1CCNC[C@H]1C.Cl. The predicted octanol–water partition coefficient (Wildman–Crippen LogP) is 2.52. The van der Waals surface area contributed by atoms with E-state index in [0.29, 0.717) is 6.04 Å². The predicted molar refractivity (Wildman–Crippen MR) is 75.9 cm³/mol. The van der Waals surface area contributed by atoms with E-state index >= 15 is 0 Å². The zero-order chi connectivity index (χ0) is 11.5. The molecule has 1 N–H and O–H groups in total. The number of hydrogen-bond donors (Lipinski definition) is 1. The van der Waals surface area contributed by atoms with E-state index in [2.05, 4.69) is 49.2 Å². The van der Waals surface area contributed by atoms with Crippen LogP contribution in [0.4, 0.5) is 0 Å². The molecule has 0 radical (unpaired) electrons. The Labute approximate surface area is 111 Å². The molecule has 0 aromatic heterocycles. The molecule has 1 aromatic carbocycles. The molecule has 1 heterocycles. The quantitative estimate of drug-likeness (QED) is 0.873. The van der Waals surface area contributed by atoms with Crippen molar-refractivity contribution in [3.05, 3.63) is 34.9 Å². The number of nitrogens with one attached hydrogen (secondary N) is 1. The average Bonchev–Trinajstić information content (AvgIpc) is 2.26. The molecule has 0 saturated carbocycles. The van der Waals surface area contributed by atoms with Crippen LogP contribution in [0.15, 0.2) is 18.2 Å². The third kappa shape index (κ3) is 3.44. The van der Waals surface area contributed by atoms with Gasteiger partial charge in [-0.3, -0.25) is 4.90 Å². The van der Waals surface area contributed by atoms with Crippen molar-refractivity contribution in [1.29, 1.82) is 0 Å². The first-order valence-corrected chi connectivity index (χ1v) is 6.18. The number of benzene rings is 1. The fourth-order valence-corrected chi connectivity index (χ4v) is 2.42. The Hall–Kier alpha value is -0.570. The summed E-state index contributed by atoms with van der Waals surface area (Å²) in [7, 11) is 0. The summed E-state index contributed by atoms with van der Waals surface area (Å²) >= 11 is 0. The molecule has 17 heavy (non-hydrogen) atoms. The van der Waals surface area contributed by atoms with Gasteiger partial charge in [-0.15, -0.1) is 12.4 Å². The maximum atomic E-state index is 3.44. The maximum Gasteiger partial charge on any atom is 0.0242 e. The van der Waals surface area contributed by atoms with Gasteiger partial charge in [0.1, 0.15) is 0 Å². The number of hydrogen-bond acceptors (Lipinski definition) is 2. The summed E-state index contributed by atoms with van der Waals surface area (Å²) in [4.78, 5) is 2.58. The second-order valence-electron chi connectivity index (χ2n) is 4.89. The van der Waals surface area contributed by atoms with E-state index < -0.39 is 0 Å². The van der Waals surface area contributed by atoms with Gasteiger partial charge in [-0.2, -0.15) is 0 Å². The molecule has 1 aromatic rings. The lowest BCUT2D eigenvalue weighted by atomic mass is 10.0. The summed E-state index contributed by atoms with van der Waals surface area (Å²) in [5, 5.41) is 3.44. The molecule has 0 unspecified atom stereocenters. The van der Waals surface area contributed by atoms with Gasteiger partial charge in [-0.25, -0.2) is 0 Å². The topological polar surface area (TPSA) is 15.3 Å². The molecule has 0 amide bonds. The van der Waals surface area contributed by atoms with Crippen LogP contribution in [0, 0.1) is 13.8 Å². The number of aryl methyl sites for hydroxylation is 2. The summed E-state index contributed by atoms with van der Waals surface area (Å²) in [6.07, 6.45) is 0. The molecule has 1 atom stereocenters. The molecule has 0 spiro atoms. The van der Waals surface area contributed by atoms with Crippen LogP contribution in [0.2, 0.25) is 0 Å². The minimum Gasteiger partial charge on any atom is -0.314 e. The van der Waals surface area contributed by atoms with Gasteiger partial charge >= 0.3 is 0 Å². The summed E-state index contributed by atoms with van der Waals surface area (Å²) in [5.41, 5.74) is 4.35. The molecule has 1 fully saturated rings. The zero-order valence-corrected chi connectivity index (χ0v) is 11.8. The van der Waals surface area contributed by atoms with Crippen molar-refractivity contribution in [3.63, 3.8) is 0 Å². The Balaban J connectivity index is 0.00000144. The Morgan fingerprint density at radius 1 is 1.29 bits per heavy atom. The normalized spacial score (nSPS) is 21.0. The van der Waals surface area contributed by atoms with Crippen LogP contribution >= 0.6 is 12.4 Å². The molecule has 1 aliphatic heterocycles. The fourth-order valence-electron chi connectivity index (χ4n) is 2.42.